The van der Waals surface area contributed by atoms with Crippen LogP contribution in [0.4, 0.5) is 8.78 Å². The first-order valence-corrected chi connectivity index (χ1v) is 5.86. The van der Waals surface area contributed by atoms with E-state index in [4.69, 9.17) is 10.5 Å². The van der Waals surface area contributed by atoms with Crippen molar-refractivity contribution in [2.75, 3.05) is 6.61 Å². The zero-order valence-electron chi connectivity index (χ0n) is 10.4. The van der Waals surface area contributed by atoms with Gasteiger partial charge in [-0.15, -0.1) is 6.58 Å². The molecule has 0 fully saturated rings. The van der Waals surface area contributed by atoms with Gasteiger partial charge in [-0.2, -0.15) is 0 Å². The van der Waals surface area contributed by atoms with Crippen LogP contribution in [0.2, 0.25) is 0 Å². The van der Waals surface area contributed by atoms with Crippen molar-refractivity contribution in [3.05, 3.63) is 24.3 Å². The molecule has 0 bridgehead atoms. The quantitative estimate of drug-likeness (QED) is 0.687. The van der Waals surface area contributed by atoms with Gasteiger partial charge in [0.15, 0.2) is 5.83 Å². The average molecular weight is 259 g/mol. The highest BCUT2D eigenvalue weighted by molar-refractivity contribution is 5.77. The van der Waals surface area contributed by atoms with E-state index in [2.05, 4.69) is 16.9 Å². The molecule has 0 spiro atoms. The van der Waals surface area contributed by atoms with Crippen LogP contribution < -0.4 is 11.1 Å². The monoisotopic (exact) mass is 259 g/mol. The van der Waals surface area contributed by atoms with Gasteiger partial charge in [-0.3, -0.25) is 0 Å². The van der Waals surface area contributed by atoms with Crippen LogP contribution in [0, 0.1) is 5.92 Å². The third-order valence-corrected chi connectivity index (χ3v) is 2.59. The lowest BCUT2D eigenvalue weighted by molar-refractivity contribution is 0.0192. The van der Waals surface area contributed by atoms with Crippen LogP contribution >= 0.6 is 0 Å². The van der Waals surface area contributed by atoms with Crippen molar-refractivity contribution in [2.24, 2.45) is 16.6 Å². The molecule has 0 aromatic heterocycles. The number of allylic oxidation sites excluding steroid dienone is 2. The Balaban J connectivity index is 2.22. The van der Waals surface area contributed by atoms with Crippen molar-refractivity contribution in [1.29, 1.82) is 0 Å². The predicted octanol–water partition coefficient (Wildman–Crippen LogP) is 2.00. The fraction of sp³-hybridized carbons (Fsp3) is 0.583. The molecule has 0 aliphatic carbocycles. The first kappa shape index (κ1) is 14.6. The molecule has 1 rings (SSSR count). The van der Waals surface area contributed by atoms with Crippen molar-refractivity contribution in [2.45, 2.75) is 32.3 Å². The molecule has 18 heavy (non-hydrogen) atoms. The van der Waals surface area contributed by atoms with Crippen LogP contribution in [0.15, 0.2) is 29.3 Å². The molecule has 0 saturated heterocycles. The van der Waals surface area contributed by atoms with E-state index < -0.39 is 18.4 Å². The summed E-state index contributed by atoms with van der Waals surface area (Å²) in [6, 6.07) is 0. The van der Waals surface area contributed by atoms with Gasteiger partial charge in [-0.05, 0) is 18.8 Å². The van der Waals surface area contributed by atoms with Crippen LogP contribution in [-0.4, -0.2) is 25.3 Å². The first-order chi connectivity index (χ1) is 8.52. The second-order valence-electron chi connectivity index (χ2n) is 4.30. The topological polar surface area (TPSA) is 59.6 Å². The summed E-state index contributed by atoms with van der Waals surface area (Å²) >= 11 is 0. The molecule has 0 radical (unpaired) electrons. The minimum absolute atomic E-state index is 0.0851. The maximum Gasteiger partial charge on any atom is 0.226 e. The smallest absolute Gasteiger partial charge is 0.226 e. The minimum Gasteiger partial charge on any atom is -0.383 e. The molecule has 102 valence electrons. The molecular weight excluding hydrogens is 240 g/mol. The lowest BCUT2D eigenvalue weighted by Gasteiger charge is -2.21. The second-order valence-corrected chi connectivity index (χ2v) is 4.30. The molecule has 3 N–H and O–H groups in total. The van der Waals surface area contributed by atoms with E-state index in [9.17, 15) is 8.78 Å². The number of nitrogens with two attached hydrogens (primary N) is 1. The number of halogens is 2. The van der Waals surface area contributed by atoms with Crippen LogP contribution in [-0.2, 0) is 4.74 Å². The van der Waals surface area contributed by atoms with Gasteiger partial charge in [0.05, 0.1) is 12.8 Å². The summed E-state index contributed by atoms with van der Waals surface area (Å²) < 4.78 is 31.1. The molecule has 0 saturated carbocycles. The van der Waals surface area contributed by atoms with Gasteiger partial charge in [0.1, 0.15) is 12.0 Å². The van der Waals surface area contributed by atoms with E-state index in [1.54, 1.807) is 0 Å². The summed E-state index contributed by atoms with van der Waals surface area (Å²) in [6.07, 6.45) is 1.76. The van der Waals surface area contributed by atoms with E-state index in [1.165, 1.54) is 6.08 Å². The Morgan fingerprint density at radius 3 is 3.00 bits per heavy atom. The standard InChI is InChI=1S/C12H19F2N3O/c1-3-9(13)5-4-8(2)7-18-12-16-6-10(14)11(15)17-12/h3,6,8-9,12,17H,1,4-5,7,15H2,2H3. The second kappa shape index (κ2) is 7.10. The van der Waals surface area contributed by atoms with E-state index >= 15 is 0 Å². The van der Waals surface area contributed by atoms with E-state index in [0.29, 0.717) is 19.4 Å². The first-order valence-electron chi connectivity index (χ1n) is 5.86. The number of ether oxygens (including phenoxy) is 1. The number of nitrogens with zero attached hydrogens (tertiary/aromatic N) is 1. The number of alkyl halides is 1. The molecule has 1 heterocycles. The van der Waals surface area contributed by atoms with Crippen molar-refractivity contribution < 1.29 is 13.5 Å². The number of hydrogen-bond donors (Lipinski definition) is 2. The van der Waals surface area contributed by atoms with Gasteiger partial charge in [-0.25, -0.2) is 13.8 Å². The molecule has 4 nitrogen and oxygen atoms in total. The zero-order chi connectivity index (χ0) is 13.5. The van der Waals surface area contributed by atoms with Crippen molar-refractivity contribution >= 4 is 6.21 Å². The van der Waals surface area contributed by atoms with Crippen LogP contribution in [0.1, 0.15) is 19.8 Å². The summed E-state index contributed by atoms with van der Waals surface area (Å²) in [6.45, 7) is 5.73. The van der Waals surface area contributed by atoms with Crippen molar-refractivity contribution in [3.63, 3.8) is 0 Å². The number of aliphatic imine (C=N–C) groups is 1. The van der Waals surface area contributed by atoms with Crippen LogP contribution in [0.3, 0.4) is 0 Å². The van der Waals surface area contributed by atoms with Gasteiger partial charge in [0.25, 0.3) is 0 Å². The predicted molar refractivity (Wildman–Crippen MR) is 67.2 cm³/mol. The minimum atomic E-state index is -0.981. The summed E-state index contributed by atoms with van der Waals surface area (Å²) in [4.78, 5) is 3.78. The van der Waals surface area contributed by atoms with E-state index in [-0.39, 0.29) is 11.7 Å². The Labute approximate surface area is 106 Å². The molecule has 3 atom stereocenters. The average Bonchev–Trinajstić information content (AvgIpc) is 2.37. The summed E-state index contributed by atoms with van der Waals surface area (Å²) in [5, 5.41) is 2.57. The molecule has 0 aromatic rings. The third-order valence-electron chi connectivity index (χ3n) is 2.59. The Morgan fingerprint density at radius 1 is 1.67 bits per heavy atom. The molecule has 1 aliphatic rings. The Hall–Kier alpha value is -1.43. The van der Waals surface area contributed by atoms with Gasteiger partial charge in [0.2, 0.25) is 6.35 Å². The molecule has 1 aliphatic heterocycles. The van der Waals surface area contributed by atoms with E-state index in [0.717, 1.165) is 6.21 Å². The molecule has 6 heteroatoms. The summed E-state index contributed by atoms with van der Waals surface area (Å²) in [5.41, 5.74) is 5.35. The number of rotatable bonds is 7. The van der Waals surface area contributed by atoms with Crippen molar-refractivity contribution in [1.82, 2.24) is 5.32 Å². The summed E-state index contributed by atoms with van der Waals surface area (Å²) in [5.74, 6) is -0.510. The molecule has 3 unspecified atom stereocenters. The third kappa shape index (κ3) is 4.83. The largest absolute Gasteiger partial charge is 0.383 e. The molecule has 0 amide bonds. The molecule has 0 aromatic carbocycles. The van der Waals surface area contributed by atoms with Gasteiger partial charge >= 0.3 is 0 Å². The highest BCUT2D eigenvalue weighted by atomic mass is 19.1. The highest BCUT2D eigenvalue weighted by Crippen LogP contribution is 2.13. The highest BCUT2D eigenvalue weighted by Gasteiger charge is 2.15. The van der Waals surface area contributed by atoms with Gasteiger partial charge in [-0.1, -0.05) is 13.0 Å². The zero-order valence-corrected chi connectivity index (χ0v) is 10.4. The fourth-order valence-electron chi connectivity index (χ4n) is 1.43. The lowest BCUT2D eigenvalue weighted by Crippen LogP contribution is -2.37. The Morgan fingerprint density at radius 2 is 2.39 bits per heavy atom. The molecular formula is C12H19F2N3O. The van der Waals surface area contributed by atoms with Gasteiger partial charge in [0, 0.05) is 0 Å². The maximum atomic E-state index is 12.9. The number of hydrogen-bond acceptors (Lipinski definition) is 4. The SMILES string of the molecule is C=CC(F)CCC(C)COC1N=CC(F)=C(N)N1. The maximum absolute atomic E-state index is 12.9. The van der Waals surface area contributed by atoms with Gasteiger partial charge < -0.3 is 15.8 Å². The van der Waals surface area contributed by atoms with Crippen LogP contribution in [0.25, 0.3) is 0 Å². The van der Waals surface area contributed by atoms with Crippen molar-refractivity contribution in [3.8, 4) is 0 Å². The lowest BCUT2D eigenvalue weighted by atomic mass is 10.0. The van der Waals surface area contributed by atoms with Crippen LogP contribution in [0.5, 0.6) is 0 Å². The Bertz CT molecular complexity index is 344. The number of nitrogens with one attached hydrogen (secondary N) is 1. The normalized spacial score (nSPS) is 22.5. The van der Waals surface area contributed by atoms with E-state index in [1.807, 2.05) is 6.92 Å². The fourth-order valence-corrected chi connectivity index (χ4v) is 1.43. The Kier molecular flexibility index (Phi) is 5.77. The summed E-state index contributed by atoms with van der Waals surface area (Å²) in [7, 11) is 0.